The summed E-state index contributed by atoms with van der Waals surface area (Å²) in [5, 5.41) is 0.889. The quantitative estimate of drug-likeness (QED) is 0.212. The molecule has 3 heteroatoms. The summed E-state index contributed by atoms with van der Waals surface area (Å²) < 4.78 is 0. The summed E-state index contributed by atoms with van der Waals surface area (Å²) in [6.07, 6.45) is 7.69. The maximum Gasteiger partial charge on any atom is 0.0499 e. The van der Waals surface area contributed by atoms with Crippen LogP contribution in [0.2, 0.25) is 5.02 Å². The van der Waals surface area contributed by atoms with Gasteiger partial charge < -0.3 is 9.80 Å². The van der Waals surface area contributed by atoms with E-state index in [1.54, 1.807) is 0 Å². The van der Waals surface area contributed by atoms with Crippen LogP contribution in [0.15, 0.2) is 85.7 Å². The van der Waals surface area contributed by atoms with Crippen molar-refractivity contribution in [3.8, 4) is 0 Å². The van der Waals surface area contributed by atoms with Crippen LogP contribution in [0.5, 0.6) is 0 Å². The fraction of sp³-hybridized carbons (Fsp3) is 0.368. The van der Waals surface area contributed by atoms with Gasteiger partial charge in [-0.1, -0.05) is 115 Å². The molecule has 0 saturated carbocycles. The molecule has 0 amide bonds. The van der Waals surface area contributed by atoms with Crippen LogP contribution in [0.4, 0.5) is 11.4 Å². The Hall–Kier alpha value is -3.23. The summed E-state index contributed by atoms with van der Waals surface area (Å²) in [5.74, 6) is 0. The number of allylic oxidation sites excluding steroid dienone is 2. The summed E-state index contributed by atoms with van der Waals surface area (Å²) in [6.45, 7) is 26.0. The molecule has 0 aliphatic rings. The van der Waals surface area contributed by atoms with Crippen LogP contribution in [0, 0.1) is 6.92 Å². The van der Waals surface area contributed by atoms with E-state index < -0.39 is 0 Å². The van der Waals surface area contributed by atoms with E-state index in [1.807, 2.05) is 30.2 Å². The Bertz CT molecular complexity index is 1460. The lowest BCUT2D eigenvalue weighted by Crippen LogP contribution is -2.25. The first kappa shape index (κ1) is 32.3. The van der Waals surface area contributed by atoms with E-state index in [1.165, 1.54) is 44.6 Å². The van der Waals surface area contributed by atoms with E-state index in [0.717, 1.165) is 29.2 Å². The van der Waals surface area contributed by atoms with Crippen LogP contribution in [-0.2, 0) is 23.7 Å². The first-order valence-corrected chi connectivity index (χ1v) is 15.1. The second-order valence-corrected chi connectivity index (χ2v) is 12.6. The van der Waals surface area contributed by atoms with Crippen molar-refractivity contribution in [3.05, 3.63) is 130 Å². The number of hydrogen-bond acceptors (Lipinski definition) is 2. The highest BCUT2D eigenvalue weighted by atomic mass is 35.5. The van der Waals surface area contributed by atoms with Crippen molar-refractivity contribution in [1.29, 1.82) is 0 Å². The van der Waals surface area contributed by atoms with E-state index in [9.17, 15) is 0 Å². The highest BCUT2D eigenvalue weighted by Gasteiger charge is 2.31. The molecule has 0 unspecified atom stereocenters. The molecule has 0 fully saturated rings. The van der Waals surface area contributed by atoms with Gasteiger partial charge in [0.25, 0.3) is 0 Å². The minimum Gasteiger partial charge on any atom is -0.377 e. The average Bonchev–Trinajstić information content (AvgIpc) is 2.93. The van der Waals surface area contributed by atoms with Crippen molar-refractivity contribution in [2.45, 2.75) is 79.1 Å². The molecule has 0 spiro atoms. The Morgan fingerprint density at radius 3 is 2.02 bits per heavy atom. The second-order valence-electron chi connectivity index (χ2n) is 12.2. The molecule has 0 aromatic heterocycles. The van der Waals surface area contributed by atoms with Gasteiger partial charge in [-0.2, -0.15) is 0 Å². The molecule has 218 valence electrons. The van der Waals surface area contributed by atoms with Crippen molar-refractivity contribution in [2.24, 2.45) is 0 Å². The van der Waals surface area contributed by atoms with Gasteiger partial charge in [-0.15, -0.1) is 0 Å². The molecule has 3 aromatic carbocycles. The van der Waals surface area contributed by atoms with E-state index in [4.69, 9.17) is 11.6 Å². The lowest BCUT2D eigenvalue weighted by molar-refractivity contribution is 0.616. The Morgan fingerprint density at radius 1 is 0.902 bits per heavy atom. The summed E-state index contributed by atoms with van der Waals surface area (Å²) in [5.41, 5.74) is 11.5. The lowest BCUT2D eigenvalue weighted by atomic mass is 9.72. The third-order valence-electron chi connectivity index (χ3n) is 8.60. The predicted octanol–water partition coefficient (Wildman–Crippen LogP) is 10.5. The van der Waals surface area contributed by atoms with Crippen molar-refractivity contribution in [3.63, 3.8) is 0 Å². The second kappa shape index (κ2) is 12.7. The van der Waals surface area contributed by atoms with E-state index in [2.05, 4.69) is 129 Å². The number of hydrogen-bond donors (Lipinski definition) is 0. The SMILES string of the molecule is C=CN(C(=C)/C=C\C)c1ccc(C(C)(C)c2cccc(C(C)(C)c3cc(CC)c(N(C)C)c(CC)c3Cl)c2)cc1C. The average molecular weight is 569 g/mol. The highest BCUT2D eigenvalue weighted by molar-refractivity contribution is 6.32. The Kier molecular flexibility index (Phi) is 10.0. The molecule has 0 aliphatic heterocycles. The van der Waals surface area contributed by atoms with Crippen LogP contribution in [-0.4, -0.2) is 14.1 Å². The van der Waals surface area contributed by atoms with Crippen LogP contribution in [0.3, 0.4) is 0 Å². The van der Waals surface area contributed by atoms with Crippen molar-refractivity contribution in [1.82, 2.24) is 0 Å². The van der Waals surface area contributed by atoms with Gasteiger partial charge in [0.15, 0.2) is 0 Å². The summed E-state index contributed by atoms with van der Waals surface area (Å²) in [6, 6.07) is 18.1. The normalized spacial score (nSPS) is 12.1. The molecule has 0 N–H and O–H groups in total. The maximum atomic E-state index is 7.21. The summed E-state index contributed by atoms with van der Waals surface area (Å²) in [7, 11) is 4.23. The molecule has 0 heterocycles. The number of rotatable bonds is 11. The first-order valence-electron chi connectivity index (χ1n) is 14.7. The van der Waals surface area contributed by atoms with E-state index in [-0.39, 0.29) is 10.8 Å². The number of halogens is 1. The number of nitrogens with zero attached hydrogens (tertiary/aromatic N) is 2. The minimum atomic E-state index is -0.265. The molecular weight excluding hydrogens is 520 g/mol. The Morgan fingerprint density at radius 2 is 1.51 bits per heavy atom. The summed E-state index contributed by atoms with van der Waals surface area (Å²) >= 11 is 7.21. The largest absolute Gasteiger partial charge is 0.377 e. The lowest BCUT2D eigenvalue weighted by Gasteiger charge is -2.33. The summed E-state index contributed by atoms with van der Waals surface area (Å²) in [4.78, 5) is 4.25. The zero-order valence-corrected chi connectivity index (χ0v) is 27.7. The maximum absolute atomic E-state index is 7.21. The zero-order chi connectivity index (χ0) is 30.7. The van der Waals surface area contributed by atoms with Crippen LogP contribution in [0.1, 0.15) is 87.4 Å². The van der Waals surface area contributed by atoms with Crippen LogP contribution >= 0.6 is 11.6 Å². The molecule has 41 heavy (non-hydrogen) atoms. The van der Waals surface area contributed by atoms with Gasteiger partial charge in [0.1, 0.15) is 0 Å². The Labute approximate surface area is 255 Å². The van der Waals surface area contributed by atoms with Crippen LogP contribution in [0.25, 0.3) is 0 Å². The predicted molar refractivity (Wildman–Crippen MR) is 183 cm³/mol. The molecule has 3 aromatic rings. The van der Waals surface area contributed by atoms with Gasteiger partial charge in [0.2, 0.25) is 0 Å². The first-order chi connectivity index (χ1) is 19.3. The van der Waals surface area contributed by atoms with Gasteiger partial charge in [-0.05, 0) is 77.8 Å². The van der Waals surface area contributed by atoms with Crippen molar-refractivity contribution >= 4 is 23.0 Å². The van der Waals surface area contributed by atoms with E-state index >= 15 is 0 Å². The Balaban J connectivity index is 2.10. The zero-order valence-electron chi connectivity index (χ0n) is 27.0. The van der Waals surface area contributed by atoms with Gasteiger partial charge >= 0.3 is 0 Å². The fourth-order valence-electron chi connectivity index (χ4n) is 5.95. The number of anilines is 2. The topological polar surface area (TPSA) is 6.48 Å². The molecular formula is C38H49ClN2. The molecule has 0 bridgehead atoms. The van der Waals surface area contributed by atoms with Gasteiger partial charge in [-0.25, -0.2) is 0 Å². The smallest absolute Gasteiger partial charge is 0.0499 e. The molecule has 0 aliphatic carbocycles. The van der Waals surface area contributed by atoms with Gasteiger partial charge in [0, 0.05) is 53.2 Å². The van der Waals surface area contributed by atoms with Crippen molar-refractivity contribution in [2.75, 3.05) is 23.9 Å². The molecule has 3 rings (SSSR count). The van der Waals surface area contributed by atoms with Crippen LogP contribution < -0.4 is 9.80 Å². The highest BCUT2D eigenvalue weighted by Crippen LogP contribution is 2.44. The van der Waals surface area contributed by atoms with Gasteiger partial charge in [-0.3, -0.25) is 0 Å². The molecule has 0 saturated heterocycles. The van der Waals surface area contributed by atoms with Gasteiger partial charge in [0.05, 0.1) is 0 Å². The monoisotopic (exact) mass is 568 g/mol. The third kappa shape index (κ3) is 6.19. The molecule has 0 radical (unpaired) electrons. The van der Waals surface area contributed by atoms with E-state index in [0.29, 0.717) is 0 Å². The number of benzene rings is 3. The number of aryl methyl sites for hydroxylation is 2. The standard InChI is InChI=1S/C38H49ClN2/c1-13-18-27(6)41(16-4)34-22-21-31(23-26(34)5)37(7,8)29-19-17-20-30(25-29)38(9,10)33-24-28(14-2)36(40(11)12)32(15-3)35(33)39/h13,16-25H,4,6,14-15H2,1-3,5,7-12H3/b18-13-. The molecule has 0 atom stereocenters. The fourth-order valence-corrected chi connectivity index (χ4v) is 6.46. The minimum absolute atomic E-state index is 0.198. The third-order valence-corrected chi connectivity index (χ3v) is 9.03. The van der Waals surface area contributed by atoms with Crippen molar-refractivity contribution < 1.29 is 0 Å². The molecule has 2 nitrogen and oxygen atoms in total.